The minimum atomic E-state index is -6.80. The summed E-state index contributed by atoms with van der Waals surface area (Å²) in [5.41, 5.74) is -9.72. The van der Waals surface area contributed by atoms with E-state index in [2.05, 4.69) is 0 Å². The lowest BCUT2D eigenvalue weighted by Crippen LogP contribution is -2.55. The summed E-state index contributed by atoms with van der Waals surface area (Å²) in [6.07, 6.45) is -13.6. The van der Waals surface area contributed by atoms with E-state index in [0.717, 1.165) is 0 Å². The molecule has 1 N–H and O–H groups in total. The van der Waals surface area contributed by atoms with Crippen molar-refractivity contribution in [3.63, 3.8) is 0 Å². The summed E-state index contributed by atoms with van der Waals surface area (Å²) in [6.45, 7) is 0. The number of aliphatic hydroxyl groups is 1. The molecule has 0 saturated heterocycles. The van der Waals surface area contributed by atoms with E-state index in [4.69, 9.17) is 5.11 Å². The van der Waals surface area contributed by atoms with Gasteiger partial charge in [0, 0.05) is 0 Å². The van der Waals surface area contributed by atoms with Crippen LogP contribution in [-0.2, 0) is 5.60 Å². The van der Waals surface area contributed by atoms with E-state index in [1.54, 1.807) is 0 Å². The van der Waals surface area contributed by atoms with Gasteiger partial charge in [0.05, 0.1) is 5.56 Å². The van der Waals surface area contributed by atoms with Crippen molar-refractivity contribution >= 4 is 0 Å². The molecule has 0 heterocycles. The number of alkyl halides is 6. The monoisotopic (exact) mass is 334 g/mol. The predicted octanol–water partition coefficient (Wildman–Crippen LogP) is 3.69. The molecule has 0 amide bonds. The highest BCUT2D eigenvalue weighted by molar-refractivity contribution is 5.32. The minimum absolute atomic E-state index is 2.97. The molecule has 1 aromatic carbocycles. The summed E-state index contributed by atoms with van der Waals surface area (Å²) < 4.78 is 138. The number of benzene rings is 1. The van der Waals surface area contributed by atoms with Crippen LogP contribution in [0.25, 0.3) is 0 Å². The zero-order valence-corrected chi connectivity index (χ0v) is 9.10. The standard InChI is InChI=1S/C9HF11O/c10-2-1(3(11)5(13)6(14)4(2)12)7(21,8(15,16)17)9(18,19)20/h21H. The Morgan fingerprint density at radius 3 is 1.00 bits per heavy atom. The van der Waals surface area contributed by atoms with Crippen molar-refractivity contribution in [1.82, 2.24) is 0 Å². The van der Waals surface area contributed by atoms with Crippen LogP contribution >= 0.6 is 0 Å². The van der Waals surface area contributed by atoms with Crippen molar-refractivity contribution in [3.05, 3.63) is 34.6 Å². The number of hydrogen-bond donors (Lipinski definition) is 1. The van der Waals surface area contributed by atoms with Gasteiger partial charge in [-0.3, -0.25) is 0 Å². The van der Waals surface area contributed by atoms with E-state index < -0.39 is 52.6 Å². The van der Waals surface area contributed by atoms with Crippen LogP contribution in [0.1, 0.15) is 5.56 Å². The van der Waals surface area contributed by atoms with Crippen LogP contribution < -0.4 is 0 Å². The van der Waals surface area contributed by atoms with Gasteiger partial charge in [0.15, 0.2) is 23.3 Å². The third-order valence-electron chi connectivity index (χ3n) is 2.39. The SMILES string of the molecule is OC(c1c(F)c(F)c(F)c(F)c1F)(C(F)(F)F)C(F)(F)F. The van der Waals surface area contributed by atoms with E-state index in [9.17, 15) is 48.3 Å². The molecular formula is C9HF11O. The maximum Gasteiger partial charge on any atom is 0.430 e. The van der Waals surface area contributed by atoms with Gasteiger partial charge < -0.3 is 5.11 Å². The summed E-state index contributed by atoms with van der Waals surface area (Å²) in [5.74, 6) is -16.0. The fraction of sp³-hybridized carbons (Fsp3) is 0.333. The molecule has 1 aromatic rings. The van der Waals surface area contributed by atoms with Crippen molar-refractivity contribution in [2.24, 2.45) is 0 Å². The van der Waals surface area contributed by atoms with E-state index in [1.807, 2.05) is 0 Å². The first-order chi connectivity index (χ1) is 9.18. The zero-order chi connectivity index (χ0) is 17.0. The van der Waals surface area contributed by atoms with Gasteiger partial charge in [-0.15, -0.1) is 0 Å². The fourth-order valence-corrected chi connectivity index (χ4v) is 1.37. The first-order valence-electron chi connectivity index (χ1n) is 4.55. The Labute approximate surface area is 107 Å². The number of halogens is 11. The molecule has 0 unspecified atom stereocenters. The number of hydrogen-bond acceptors (Lipinski definition) is 1. The van der Waals surface area contributed by atoms with Gasteiger partial charge in [-0.2, -0.15) is 26.3 Å². The van der Waals surface area contributed by atoms with Crippen LogP contribution in [0, 0.1) is 29.1 Å². The fourth-order valence-electron chi connectivity index (χ4n) is 1.37. The molecule has 0 aliphatic carbocycles. The molecule has 0 radical (unpaired) electrons. The molecule has 0 aromatic heterocycles. The Morgan fingerprint density at radius 2 is 0.762 bits per heavy atom. The smallest absolute Gasteiger partial charge is 0.369 e. The Bertz CT molecular complexity index is 528. The van der Waals surface area contributed by atoms with Gasteiger partial charge in [0.1, 0.15) is 0 Å². The largest absolute Gasteiger partial charge is 0.430 e. The molecule has 12 heteroatoms. The molecule has 0 aliphatic heterocycles. The van der Waals surface area contributed by atoms with Gasteiger partial charge >= 0.3 is 12.4 Å². The van der Waals surface area contributed by atoms with Crippen LogP contribution in [0.3, 0.4) is 0 Å². The highest BCUT2D eigenvalue weighted by atomic mass is 19.4. The minimum Gasteiger partial charge on any atom is -0.369 e. The van der Waals surface area contributed by atoms with Crippen molar-refractivity contribution in [3.8, 4) is 0 Å². The van der Waals surface area contributed by atoms with Gasteiger partial charge in [-0.25, -0.2) is 22.0 Å². The lowest BCUT2D eigenvalue weighted by Gasteiger charge is -2.33. The van der Waals surface area contributed by atoms with E-state index in [1.165, 1.54) is 0 Å². The van der Waals surface area contributed by atoms with Gasteiger partial charge in [-0.1, -0.05) is 0 Å². The molecule has 1 nitrogen and oxygen atoms in total. The molecule has 0 fully saturated rings. The van der Waals surface area contributed by atoms with Crippen molar-refractivity contribution in [1.29, 1.82) is 0 Å². The summed E-state index contributed by atoms with van der Waals surface area (Å²) in [4.78, 5) is 0. The highest BCUT2D eigenvalue weighted by Gasteiger charge is 2.73. The summed E-state index contributed by atoms with van der Waals surface area (Å²) in [6, 6.07) is 0. The third kappa shape index (κ3) is 2.30. The average molecular weight is 334 g/mol. The zero-order valence-electron chi connectivity index (χ0n) is 9.10. The van der Waals surface area contributed by atoms with Gasteiger partial charge in [0.25, 0.3) is 5.60 Å². The summed E-state index contributed by atoms with van der Waals surface area (Å²) >= 11 is 0. The first kappa shape index (κ1) is 17.5. The molecule has 0 bridgehead atoms. The van der Waals surface area contributed by atoms with Crippen molar-refractivity contribution in [2.75, 3.05) is 0 Å². The number of rotatable bonds is 1. The summed E-state index contributed by atoms with van der Waals surface area (Å²) in [5, 5.41) is 8.67. The quantitative estimate of drug-likeness (QED) is 0.472. The molecule has 0 aliphatic rings. The second-order valence-electron chi connectivity index (χ2n) is 3.65. The van der Waals surface area contributed by atoms with Crippen LogP contribution in [0.2, 0.25) is 0 Å². The van der Waals surface area contributed by atoms with Crippen LogP contribution in [0.5, 0.6) is 0 Å². The second-order valence-corrected chi connectivity index (χ2v) is 3.65. The molecule has 21 heavy (non-hydrogen) atoms. The molecule has 0 spiro atoms. The molecule has 1 rings (SSSR count). The van der Waals surface area contributed by atoms with Crippen LogP contribution in [-0.4, -0.2) is 17.5 Å². The van der Waals surface area contributed by atoms with Crippen LogP contribution in [0.15, 0.2) is 0 Å². The van der Waals surface area contributed by atoms with Crippen molar-refractivity contribution < 1.29 is 53.4 Å². The lowest BCUT2D eigenvalue weighted by atomic mass is 9.90. The Balaban J connectivity index is 3.96. The molecule has 120 valence electrons. The Morgan fingerprint density at radius 1 is 0.524 bits per heavy atom. The van der Waals surface area contributed by atoms with E-state index in [-0.39, 0.29) is 0 Å². The maximum absolute atomic E-state index is 13.1. The Kier molecular flexibility index (Phi) is 3.92. The van der Waals surface area contributed by atoms with Crippen molar-refractivity contribution in [2.45, 2.75) is 18.0 Å². The molecule has 0 saturated carbocycles. The average Bonchev–Trinajstić information content (AvgIpc) is 2.31. The highest BCUT2D eigenvalue weighted by Crippen LogP contribution is 2.52. The lowest BCUT2D eigenvalue weighted by molar-refractivity contribution is -0.378. The van der Waals surface area contributed by atoms with E-state index >= 15 is 0 Å². The van der Waals surface area contributed by atoms with E-state index in [0.29, 0.717) is 0 Å². The van der Waals surface area contributed by atoms with Crippen LogP contribution in [0.4, 0.5) is 48.3 Å². The van der Waals surface area contributed by atoms with Gasteiger partial charge in [0.2, 0.25) is 5.82 Å². The topological polar surface area (TPSA) is 20.2 Å². The normalized spacial score (nSPS) is 13.7. The maximum atomic E-state index is 13.1. The van der Waals surface area contributed by atoms with Gasteiger partial charge in [-0.05, 0) is 0 Å². The second kappa shape index (κ2) is 4.71. The predicted molar refractivity (Wildman–Crippen MR) is 42.2 cm³/mol. The Hall–Kier alpha value is -1.59. The summed E-state index contributed by atoms with van der Waals surface area (Å²) in [7, 11) is 0. The third-order valence-corrected chi connectivity index (χ3v) is 2.39. The first-order valence-corrected chi connectivity index (χ1v) is 4.55. The molecule has 0 atom stereocenters. The molecular weight excluding hydrogens is 333 g/mol.